The van der Waals surface area contributed by atoms with Gasteiger partial charge >= 0.3 is 6.09 Å². The first-order chi connectivity index (χ1) is 15.8. The number of rotatable bonds is 8. The first kappa shape index (κ1) is 27.7. The molecule has 1 saturated heterocycles. The fourth-order valence-corrected chi connectivity index (χ4v) is 4.04. The zero-order valence-electron chi connectivity index (χ0n) is 20.7. The normalized spacial score (nSPS) is 21.0. The molecule has 1 aliphatic heterocycles. The van der Waals surface area contributed by atoms with Gasteiger partial charge in [0.25, 0.3) is 0 Å². The van der Waals surface area contributed by atoms with Crippen molar-refractivity contribution in [3.8, 4) is 0 Å². The molecule has 1 N–H and O–H groups in total. The number of benzene rings is 1. The Balaban J connectivity index is 2.17. The van der Waals surface area contributed by atoms with Crippen molar-refractivity contribution in [2.24, 2.45) is 5.92 Å². The van der Waals surface area contributed by atoms with E-state index < -0.39 is 64.7 Å². The van der Waals surface area contributed by atoms with Gasteiger partial charge in [0.15, 0.2) is 5.78 Å². The Morgan fingerprint density at radius 2 is 1.71 bits per heavy atom. The van der Waals surface area contributed by atoms with E-state index in [4.69, 9.17) is 14.2 Å². The number of halogens is 2. The number of hydrogen-bond donors (Lipinski definition) is 1. The van der Waals surface area contributed by atoms with Crippen molar-refractivity contribution in [2.45, 2.75) is 70.9 Å². The van der Waals surface area contributed by atoms with E-state index >= 15 is 0 Å². The molecule has 34 heavy (non-hydrogen) atoms. The highest BCUT2D eigenvalue weighted by molar-refractivity contribution is 6.02. The molecular weight excluding hydrogens is 450 g/mol. The van der Waals surface area contributed by atoms with Crippen molar-refractivity contribution >= 4 is 17.8 Å². The smallest absolute Gasteiger partial charge is 0.410 e. The molecule has 10 heteroatoms. The van der Waals surface area contributed by atoms with Crippen LogP contribution in [0.5, 0.6) is 0 Å². The van der Waals surface area contributed by atoms with E-state index in [-0.39, 0.29) is 12.6 Å². The van der Waals surface area contributed by atoms with Crippen LogP contribution in [0.1, 0.15) is 51.4 Å². The highest BCUT2D eigenvalue weighted by atomic mass is 19.1. The number of Topliss-reactive ketones (excluding diaryl/α,β-unsaturated/α-hetero) is 1. The van der Waals surface area contributed by atoms with Crippen LogP contribution in [0, 0.1) is 17.6 Å². The van der Waals surface area contributed by atoms with Gasteiger partial charge in [0, 0.05) is 14.2 Å². The molecule has 0 radical (unpaired) electrons. The topological polar surface area (TPSA) is 94.2 Å². The second-order valence-electron chi connectivity index (χ2n) is 9.47. The van der Waals surface area contributed by atoms with E-state index in [1.807, 2.05) is 0 Å². The number of ether oxygens (including phenoxy) is 3. The minimum absolute atomic E-state index is 0.269. The third-order valence-electron chi connectivity index (χ3n) is 5.79. The van der Waals surface area contributed by atoms with Crippen LogP contribution < -0.4 is 5.32 Å². The number of methoxy groups -OCH3 is 2. The number of carbonyl (C=O) groups excluding carboxylic acids is 3. The molecule has 190 valence electrons. The third kappa shape index (κ3) is 6.50. The van der Waals surface area contributed by atoms with Crippen molar-refractivity contribution in [3.63, 3.8) is 0 Å². The van der Waals surface area contributed by atoms with Gasteiger partial charge in [-0.3, -0.25) is 14.5 Å². The van der Waals surface area contributed by atoms with E-state index in [0.717, 1.165) is 18.2 Å². The highest BCUT2D eigenvalue weighted by Gasteiger charge is 2.45. The summed E-state index contributed by atoms with van der Waals surface area (Å²) < 4.78 is 44.5. The molecule has 1 heterocycles. The minimum Gasteiger partial charge on any atom is -0.444 e. The second kappa shape index (κ2) is 11.2. The summed E-state index contributed by atoms with van der Waals surface area (Å²) in [6, 6.07) is 1.40. The molecule has 0 spiro atoms. The van der Waals surface area contributed by atoms with Gasteiger partial charge in [-0.05, 0) is 46.2 Å². The van der Waals surface area contributed by atoms with Gasteiger partial charge in [-0.2, -0.15) is 0 Å². The van der Waals surface area contributed by atoms with Crippen molar-refractivity contribution in [1.29, 1.82) is 0 Å². The van der Waals surface area contributed by atoms with Gasteiger partial charge in [0.2, 0.25) is 5.91 Å². The number of nitrogens with zero attached hydrogens (tertiary/aromatic N) is 1. The molecule has 1 aromatic rings. The fourth-order valence-electron chi connectivity index (χ4n) is 4.04. The van der Waals surface area contributed by atoms with Crippen LogP contribution in [0.15, 0.2) is 18.2 Å². The number of carbonyl (C=O) groups is 3. The Hall–Kier alpha value is -2.59. The Bertz CT molecular complexity index is 884. The number of hydrogen-bond acceptors (Lipinski definition) is 6. The van der Waals surface area contributed by atoms with Crippen LogP contribution in [0.4, 0.5) is 13.6 Å². The van der Waals surface area contributed by atoms with E-state index in [0.29, 0.717) is 6.42 Å². The zero-order valence-corrected chi connectivity index (χ0v) is 20.7. The Labute approximate surface area is 198 Å². The number of amides is 2. The lowest BCUT2D eigenvalue weighted by atomic mass is 9.94. The molecule has 1 fully saturated rings. The fraction of sp³-hybridized carbons (Fsp3) is 0.625. The molecule has 2 amide bonds. The van der Waals surface area contributed by atoms with Gasteiger partial charge in [0.05, 0.1) is 42.3 Å². The predicted molar refractivity (Wildman–Crippen MR) is 120 cm³/mol. The van der Waals surface area contributed by atoms with Gasteiger partial charge in [-0.15, -0.1) is 0 Å². The maximum absolute atomic E-state index is 14.0. The summed E-state index contributed by atoms with van der Waals surface area (Å²) in [5, 5.41) is 2.51. The van der Waals surface area contributed by atoms with E-state index in [2.05, 4.69) is 5.32 Å². The van der Waals surface area contributed by atoms with Crippen LogP contribution in [0.2, 0.25) is 0 Å². The predicted octanol–water partition coefficient (Wildman–Crippen LogP) is 3.33. The molecule has 1 aliphatic rings. The number of nitrogens with one attached hydrogen (secondary N) is 1. The molecule has 0 aromatic heterocycles. The van der Waals surface area contributed by atoms with E-state index in [1.54, 1.807) is 27.7 Å². The quantitative estimate of drug-likeness (QED) is 0.569. The summed E-state index contributed by atoms with van der Waals surface area (Å²) >= 11 is 0. The summed E-state index contributed by atoms with van der Waals surface area (Å²) in [6.07, 6.45) is -1.15. The first-order valence-electron chi connectivity index (χ1n) is 11.1. The number of likely N-dealkylation sites (tertiary alicyclic amines) is 1. The number of ketones is 1. The van der Waals surface area contributed by atoms with Crippen LogP contribution in [-0.2, 0) is 19.0 Å². The molecule has 0 saturated carbocycles. The van der Waals surface area contributed by atoms with Crippen molar-refractivity contribution in [1.82, 2.24) is 10.2 Å². The van der Waals surface area contributed by atoms with Crippen molar-refractivity contribution < 1.29 is 37.4 Å². The molecule has 0 unspecified atom stereocenters. The van der Waals surface area contributed by atoms with Crippen LogP contribution in [-0.4, -0.2) is 73.3 Å². The molecule has 8 nitrogen and oxygen atoms in total. The van der Waals surface area contributed by atoms with Crippen LogP contribution in [0.3, 0.4) is 0 Å². The van der Waals surface area contributed by atoms with Crippen molar-refractivity contribution in [3.05, 3.63) is 35.4 Å². The standard InChI is InChI=1S/C24H34F2N2O6/c1-13(22(30)27-14(2)20(29)19-16(25)9-8-10-17(19)26)21(33-7)18-11-15(32-6)12-28(18)23(31)34-24(3,4)5/h8-10,13-15,18,21H,11-12H2,1-7H3,(H,27,30)/t13-,14-,15-,18+,21-/m1/s1. The second-order valence-corrected chi connectivity index (χ2v) is 9.47. The lowest BCUT2D eigenvalue weighted by molar-refractivity contribution is -0.131. The maximum Gasteiger partial charge on any atom is 0.410 e. The monoisotopic (exact) mass is 484 g/mol. The molecule has 0 aliphatic carbocycles. The average Bonchev–Trinajstić information content (AvgIpc) is 3.17. The Kier molecular flexibility index (Phi) is 9.13. The van der Waals surface area contributed by atoms with Crippen LogP contribution in [0.25, 0.3) is 0 Å². The maximum atomic E-state index is 14.0. The minimum atomic E-state index is -1.18. The molecule has 1 aromatic carbocycles. The molecule has 2 rings (SSSR count). The first-order valence-corrected chi connectivity index (χ1v) is 11.1. The van der Waals surface area contributed by atoms with Gasteiger partial charge in [-0.1, -0.05) is 13.0 Å². The van der Waals surface area contributed by atoms with Gasteiger partial charge < -0.3 is 19.5 Å². The summed E-state index contributed by atoms with van der Waals surface area (Å²) in [7, 11) is 2.96. The lowest BCUT2D eigenvalue weighted by Gasteiger charge is -2.34. The van der Waals surface area contributed by atoms with E-state index in [1.165, 1.54) is 26.0 Å². The summed E-state index contributed by atoms with van der Waals surface area (Å²) in [5.41, 5.74) is -1.42. The zero-order chi connectivity index (χ0) is 25.8. The third-order valence-corrected chi connectivity index (χ3v) is 5.79. The Morgan fingerprint density at radius 3 is 2.21 bits per heavy atom. The molecular formula is C24H34F2N2O6. The summed E-state index contributed by atoms with van der Waals surface area (Å²) in [4.78, 5) is 39.9. The lowest BCUT2D eigenvalue weighted by Crippen LogP contribution is -2.52. The van der Waals surface area contributed by atoms with Crippen molar-refractivity contribution in [2.75, 3.05) is 20.8 Å². The highest BCUT2D eigenvalue weighted by Crippen LogP contribution is 2.29. The SMILES string of the molecule is CO[C@@H]1C[C@@H]([C@H](OC)[C@@H](C)C(=O)N[C@H](C)C(=O)c2c(F)cccc2F)N(C(=O)OC(C)(C)C)C1. The summed E-state index contributed by atoms with van der Waals surface area (Å²) in [6.45, 7) is 8.48. The molecule has 0 bridgehead atoms. The van der Waals surface area contributed by atoms with Crippen LogP contribution >= 0.6 is 0 Å². The Morgan fingerprint density at radius 1 is 1.12 bits per heavy atom. The average molecular weight is 485 g/mol. The van der Waals surface area contributed by atoms with Gasteiger partial charge in [0.1, 0.15) is 17.2 Å². The molecule has 5 atom stereocenters. The van der Waals surface area contributed by atoms with Gasteiger partial charge in [-0.25, -0.2) is 13.6 Å². The largest absolute Gasteiger partial charge is 0.444 e. The van der Waals surface area contributed by atoms with E-state index in [9.17, 15) is 23.2 Å². The summed E-state index contributed by atoms with van der Waals surface area (Å²) in [5.74, 6) is -4.26.